The Balaban J connectivity index is 2.75. The normalized spacial score (nSPS) is 11.5. The Labute approximate surface area is 119 Å². The van der Waals surface area contributed by atoms with Crippen molar-refractivity contribution in [1.82, 2.24) is 9.71 Å². The molecule has 0 spiro atoms. The number of hydrogen-bond donors (Lipinski definition) is 2. The van der Waals surface area contributed by atoms with E-state index in [1.165, 1.54) is 12.3 Å². The highest BCUT2D eigenvalue weighted by Gasteiger charge is 2.15. The summed E-state index contributed by atoms with van der Waals surface area (Å²) in [5, 5.41) is 3.26. The van der Waals surface area contributed by atoms with Crippen LogP contribution >= 0.6 is 11.6 Å². The van der Waals surface area contributed by atoms with Crippen LogP contribution < -0.4 is 10.0 Å². The van der Waals surface area contributed by atoms with Crippen LogP contribution in [0.5, 0.6) is 0 Å². The fourth-order valence-electron chi connectivity index (χ4n) is 1.53. The van der Waals surface area contributed by atoms with E-state index >= 15 is 0 Å². The van der Waals surface area contributed by atoms with Crippen LogP contribution in [0.2, 0.25) is 5.02 Å². The molecule has 0 saturated heterocycles. The van der Waals surface area contributed by atoms with Gasteiger partial charge in [0, 0.05) is 19.3 Å². The Morgan fingerprint density at radius 2 is 2.05 bits per heavy atom. The van der Waals surface area contributed by atoms with E-state index < -0.39 is 10.0 Å². The highest BCUT2D eigenvalue weighted by Crippen LogP contribution is 2.22. The molecule has 5 nitrogen and oxygen atoms in total. The molecule has 1 rings (SSSR count). The van der Waals surface area contributed by atoms with E-state index in [0.717, 1.165) is 19.3 Å². The number of nitrogens with one attached hydrogen (secondary N) is 2. The van der Waals surface area contributed by atoms with Crippen LogP contribution in [0.4, 0.5) is 5.82 Å². The highest BCUT2D eigenvalue weighted by molar-refractivity contribution is 7.89. The first-order valence-electron chi connectivity index (χ1n) is 6.40. The maximum Gasteiger partial charge on any atom is 0.242 e. The number of nitrogens with zero attached hydrogens (tertiary/aromatic N) is 1. The molecule has 0 bridgehead atoms. The first-order valence-corrected chi connectivity index (χ1v) is 8.26. The van der Waals surface area contributed by atoms with E-state index in [1.807, 2.05) is 6.92 Å². The van der Waals surface area contributed by atoms with Gasteiger partial charge in [0.05, 0.1) is 5.02 Å². The standard InChI is InChI=1S/C12H20ClN3O2S/c1-3-5-6-7-16-19(17,18)10-8-11(13)12(14-4-2)15-9-10/h8-9,16H,3-7H2,1-2H3,(H,14,15). The minimum atomic E-state index is -3.52. The van der Waals surface area contributed by atoms with Crippen LogP contribution in [0.25, 0.3) is 0 Å². The zero-order valence-electron chi connectivity index (χ0n) is 11.2. The van der Waals surface area contributed by atoms with Gasteiger partial charge in [-0.05, 0) is 19.4 Å². The van der Waals surface area contributed by atoms with Crippen molar-refractivity contribution >= 4 is 27.4 Å². The van der Waals surface area contributed by atoms with Gasteiger partial charge in [-0.25, -0.2) is 18.1 Å². The van der Waals surface area contributed by atoms with Crippen LogP contribution in [-0.2, 0) is 10.0 Å². The fraction of sp³-hybridized carbons (Fsp3) is 0.583. The Kier molecular flexibility index (Phi) is 6.54. The summed E-state index contributed by atoms with van der Waals surface area (Å²) < 4.78 is 26.5. The first kappa shape index (κ1) is 16.2. The number of hydrogen-bond acceptors (Lipinski definition) is 4. The third-order valence-corrected chi connectivity index (χ3v) is 4.26. The third kappa shape index (κ3) is 4.97. The van der Waals surface area contributed by atoms with E-state index in [0.29, 0.717) is 23.9 Å². The smallest absolute Gasteiger partial charge is 0.242 e. The monoisotopic (exact) mass is 305 g/mol. The minimum Gasteiger partial charge on any atom is -0.369 e. The Bertz CT molecular complexity index is 506. The molecule has 0 atom stereocenters. The van der Waals surface area contributed by atoms with Crippen LogP contribution in [0.3, 0.4) is 0 Å². The van der Waals surface area contributed by atoms with E-state index in [1.54, 1.807) is 0 Å². The summed E-state index contributed by atoms with van der Waals surface area (Å²) in [6.07, 6.45) is 4.19. The molecule has 1 aromatic heterocycles. The molecule has 0 aliphatic heterocycles. The van der Waals surface area contributed by atoms with Gasteiger partial charge in [-0.1, -0.05) is 31.4 Å². The molecule has 0 radical (unpaired) electrons. The van der Waals surface area contributed by atoms with E-state index in [9.17, 15) is 8.42 Å². The van der Waals surface area contributed by atoms with Gasteiger partial charge < -0.3 is 5.32 Å². The summed E-state index contributed by atoms with van der Waals surface area (Å²) in [5.41, 5.74) is 0. The van der Waals surface area contributed by atoms with Gasteiger partial charge in [-0.2, -0.15) is 0 Å². The van der Waals surface area contributed by atoms with E-state index in [-0.39, 0.29) is 4.90 Å². The average Bonchev–Trinajstić information content (AvgIpc) is 2.37. The van der Waals surface area contributed by atoms with Crippen molar-refractivity contribution in [2.24, 2.45) is 0 Å². The van der Waals surface area contributed by atoms with Crippen LogP contribution in [0.1, 0.15) is 33.1 Å². The van der Waals surface area contributed by atoms with E-state index in [2.05, 4.69) is 21.9 Å². The second-order valence-corrected chi connectivity index (χ2v) is 6.31. The molecule has 2 N–H and O–H groups in total. The average molecular weight is 306 g/mol. The van der Waals surface area contributed by atoms with Crippen molar-refractivity contribution in [3.8, 4) is 0 Å². The lowest BCUT2D eigenvalue weighted by Gasteiger charge is -2.09. The fourth-order valence-corrected chi connectivity index (χ4v) is 2.87. The lowest BCUT2D eigenvalue weighted by atomic mass is 10.3. The maximum absolute atomic E-state index is 12.0. The van der Waals surface area contributed by atoms with Gasteiger partial charge in [0.2, 0.25) is 10.0 Å². The number of unbranched alkanes of at least 4 members (excludes halogenated alkanes) is 2. The molecule has 1 aromatic rings. The molecule has 0 aliphatic carbocycles. The summed E-state index contributed by atoms with van der Waals surface area (Å²) >= 11 is 5.98. The molecule has 0 aliphatic rings. The molecule has 0 fully saturated rings. The summed E-state index contributed by atoms with van der Waals surface area (Å²) in [6.45, 7) is 5.09. The van der Waals surface area contributed by atoms with Gasteiger partial charge in [-0.3, -0.25) is 0 Å². The van der Waals surface area contributed by atoms with Gasteiger partial charge in [0.15, 0.2) is 0 Å². The molecule has 7 heteroatoms. The molecule has 19 heavy (non-hydrogen) atoms. The third-order valence-electron chi connectivity index (χ3n) is 2.54. The van der Waals surface area contributed by atoms with Crippen molar-refractivity contribution in [3.05, 3.63) is 17.3 Å². The van der Waals surface area contributed by atoms with Crippen molar-refractivity contribution in [2.45, 2.75) is 38.0 Å². The molecule has 0 amide bonds. The minimum absolute atomic E-state index is 0.0932. The van der Waals surface area contributed by atoms with Gasteiger partial charge >= 0.3 is 0 Å². The van der Waals surface area contributed by atoms with E-state index in [4.69, 9.17) is 11.6 Å². The summed E-state index contributed by atoms with van der Waals surface area (Å²) in [4.78, 5) is 4.11. The van der Waals surface area contributed by atoms with Gasteiger partial charge in [0.25, 0.3) is 0 Å². The summed E-state index contributed by atoms with van der Waals surface area (Å²) in [5.74, 6) is 0.495. The number of pyridine rings is 1. The zero-order valence-corrected chi connectivity index (χ0v) is 12.8. The first-order chi connectivity index (χ1) is 9.01. The molecule has 1 heterocycles. The quantitative estimate of drug-likeness (QED) is 0.724. The summed E-state index contributed by atoms with van der Waals surface area (Å²) in [6, 6.07) is 1.41. The number of aromatic nitrogens is 1. The van der Waals surface area contributed by atoms with Crippen LogP contribution in [-0.4, -0.2) is 26.5 Å². The van der Waals surface area contributed by atoms with Crippen molar-refractivity contribution in [3.63, 3.8) is 0 Å². The topological polar surface area (TPSA) is 71.1 Å². The SMILES string of the molecule is CCCCCNS(=O)(=O)c1cnc(NCC)c(Cl)c1. The largest absolute Gasteiger partial charge is 0.369 e. The Morgan fingerprint density at radius 1 is 1.32 bits per heavy atom. The second kappa shape index (κ2) is 7.67. The molecular weight excluding hydrogens is 286 g/mol. The van der Waals surface area contributed by atoms with Gasteiger partial charge in [-0.15, -0.1) is 0 Å². The highest BCUT2D eigenvalue weighted by atomic mass is 35.5. The zero-order chi connectivity index (χ0) is 14.3. The van der Waals surface area contributed by atoms with Crippen LogP contribution in [0.15, 0.2) is 17.2 Å². The Morgan fingerprint density at radius 3 is 2.63 bits per heavy atom. The van der Waals surface area contributed by atoms with Crippen LogP contribution in [0, 0.1) is 0 Å². The predicted octanol–water partition coefficient (Wildman–Crippen LogP) is 2.64. The molecule has 108 valence electrons. The second-order valence-electron chi connectivity index (χ2n) is 4.14. The molecule has 0 saturated carbocycles. The molecule has 0 unspecified atom stereocenters. The van der Waals surface area contributed by atoms with Crippen molar-refractivity contribution < 1.29 is 8.42 Å². The number of anilines is 1. The lowest BCUT2D eigenvalue weighted by Crippen LogP contribution is -2.25. The van der Waals surface area contributed by atoms with Crippen molar-refractivity contribution in [2.75, 3.05) is 18.4 Å². The predicted molar refractivity (Wildman–Crippen MR) is 78.1 cm³/mol. The van der Waals surface area contributed by atoms with Crippen molar-refractivity contribution in [1.29, 1.82) is 0 Å². The Hall–Kier alpha value is -0.850. The maximum atomic E-state index is 12.0. The number of sulfonamides is 1. The van der Waals surface area contributed by atoms with Gasteiger partial charge in [0.1, 0.15) is 10.7 Å². The lowest BCUT2D eigenvalue weighted by molar-refractivity contribution is 0.575. The number of halogens is 1. The molecule has 0 aromatic carbocycles. The molecular formula is C12H20ClN3O2S. The summed E-state index contributed by atoms with van der Waals surface area (Å²) in [7, 11) is -3.52. The number of rotatable bonds is 8.